The number of hydrogen-bond acceptors (Lipinski definition) is 5. The molecule has 1 aliphatic heterocycles. The first-order valence-electron chi connectivity index (χ1n) is 9.58. The van der Waals surface area contributed by atoms with Crippen molar-refractivity contribution >= 4 is 11.6 Å². The highest BCUT2D eigenvalue weighted by atomic mass is 15.1. The van der Waals surface area contributed by atoms with Gasteiger partial charge in [0.25, 0.3) is 0 Å². The van der Waals surface area contributed by atoms with Crippen molar-refractivity contribution in [1.29, 1.82) is 0 Å². The summed E-state index contributed by atoms with van der Waals surface area (Å²) in [7, 11) is 2.02. The molecule has 1 aliphatic rings. The molecule has 0 amide bonds. The van der Waals surface area contributed by atoms with Crippen molar-refractivity contribution < 1.29 is 0 Å². The number of aryl methyl sites for hydroxylation is 1. The number of nitrogens with zero attached hydrogens (tertiary/aromatic N) is 5. The van der Waals surface area contributed by atoms with Gasteiger partial charge in [0.1, 0.15) is 11.6 Å². The Labute approximate surface area is 160 Å². The summed E-state index contributed by atoms with van der Waals surface area (Å²) in [6, 6.07) is 12.0. The van der Waals surface area contributed by atoms with E-state index in [2.05, 4.69) is 38.5 Å². The lowest BCUT2D eigenvalue weighted by Gasteiger charge is -2.32. The van der Waals surface area contributed by atoms with Gasteiger partial charge in [-0.05, 0) is 56.0 Å². The van der Waals surface area contributed by atoms with Crippen LogP contribution in [0.1, 0.15) is 24.2 Å². The van der Waals surface area contributed by atoms with Crippen LogP contribution in [-0.2, 0) is 20.0 Å². The molecule has 0 aliphatic carbocycles. The van der Waals surface area contributed by atoms with Crippen LogP contribution in [0.2, 0.25) is 0 Å². The van der Waals surface area contributed by atoms with Crippen molar-refractivity contribution in [3.63, 3.8) is 0 Å². The molecule has 0 radical (unpaired) electrons. The first-order chi connectivity index (χ1) is 13.2. The number of hydrogen-bond donors (Lipinski definition) is 1. The number of nitrogens with one attached hydrogen (secondary N) is 1. The van der Waals surface area contributed by atoms with E-state index in [0.29, 0.717) is 5.92 Å². The van der Waals surface area contributed by atoms with E-state index in [-0.39, 0.29) is 0 Å². The lowest BCUT2D eigenvalue weighted by atomic mass is 9.93. The Balaban J connectivity index is 1.36. The Kier molecular flexibility index (Phi) is 5.44. The molecule has 1 saturated heterocycles. The third kappa shape index (κ3) is 4.92. The van der Waals surface area contributed by atoms with Gasteiger partial charge in [0.15, 0.2) is 0 Å². The average molecular weight is 362 g/mol. The molecule has 140 valence electrons. The van der Waals surface area contributed by atoms with E-state index in [1.54, 1.807) is 6.20 Å². The lowest BCUT2D eigenvalue weighted by molar-refractivity contribution is 0.165. The zero-order chi connectivity index (χ0) is 18.5. The Morgan fingerprint density at radius 2 is 2.00 bits per heavy atom. The predicted octanol–water partition coefficient (Wildman–Crippen LogP) is 3.41. The molecule has 1 atom stereocenters. The summed E-state index contributed by atoms with van der Waals surface area (Å²) >= 11 is 0. The van der Waals surface area contributed by atoms with Crippen LogP contribution >= 0.6 is 0 Å². The fourth-order valence-electron chi connectivity index (χ4n) is 3.77. The van der Waals surface area contributed by atoms with Crippen LogP contribution in [0.4, 0.5) is 11.6 Å². The molecule has 1 N–H and O–H groups in total. The zero-order valence-electron chi connectivity index (χ0n) is 15.8. The van der Waals surface area contributed by atoms with Gasteiger partial charge in [0.05, 0.1) is 12.0 Å². The standard InChI is InChI=1S/C21H26N6/c1-26-14-19(23-16-26)15-27-11-5-6-17(13-27)12-18-7-4-9-21(24-18)25-20-8-2-3-10-22-20/h2-4,7-10,14,16-17H,5-6,11-13,15H2,1H3,(H,22,24,25)/t17-/m0/s1. The maximum Gasteiger partial charge on any atom is 0.131 e. The number of pyridine rings is 2. The molecule has 4 heterocycles. The minimum atomic E-state index is 0.639. The third-order valence-corrected chi connectivity index (χ3v) is 4.97. The van der Waals surface area contributed by atoms with Crippen LogP contribution < -0.4 is 5.32 Å². The van der Waals surface area contributed by atoms with Crippen LogP contribution in [0.15, 0.2) is 55.1 Å². The first-order valence-corrected chi connectivity index (χ1v) is 9.58. The average Bonchev–Trinajstić information content (AvgIpc) is 3.08. The molecular weight excluding hydrogens is 336 g/mol. The summed E-state index contributed by atoms with van der Waals surface area (Å²) in [6.07, 6.45) is 9.28. The number of piperidine rings is 1. The second-order valence-corrected chi connectivity index (χ2v) is 7.33. The molecule has 0 aromatic carbocycles. The summed E-state index contributed by atoms with van der Waals surface area (Å²) < 4.78 is 2.01. The van der Waals surface area contributed by atoms with Crippen molar-refractivity contribution in [2.45, 2.75) is 25.8 Å². The SMILES string of the molecule is Cn1cnc(CN2CCC[C@@H](Cc3cccc(Nc4ccccn4)n3)C2)c1. The quantitative estimate of drug-likeness (QED) is 0.728. The zero-order valence-corrected chi connectivity index (χ0v) is 15.8. The molecule has 4 rings (SSSR count). The van der Waals surface area contributed by atoms with Gasteiger partial charge in [-0.15, -0.1) is 0 Å². The molecule has 0 bridgehead atoms. The van der Waals surface area contributed by atoms with E-state index >= 15 is 0 Å². The highest BCUT2D eigenvalue weighted by Gasteiger charge is 2.21. The van der Waals surface area contributed by atoms with E-state index in [0.717, 1.165) is 49.1 Å². The first kappa shape index (κ1) is 17.7. The molecule has 3 aromatic heterocycles. The second-order valence-electron chi connectivity index (χ2n) is 7.33. The van der Waals surface area contributed by atoms with E-state index in [1.807, 2.05) is 42.2 Å². The molecular formula is C21H26N6. The van der Waals surface area contributed by atoms with Gasteiger partial charge in [0, 0.05) is 38.2 Å². The molecule has 6 heteroatoms. The minimum absolute atomic E-state index is 0.639. The minimum Gasteiger partial charge on any atom is -0.340 e. The van der Waals surface area contributed by atoms with Crippen LogP contribution in [0.5, 0.6) is 0 Å². The van der Waals surface area contributed by atoms with E-state index in [4.69, 9.17) is 4.98 Å². The fourth-order valence-corrected chi connectivity index (χ4v) is 3.77. The maximum atomic E-state index is 4.79. The topological polar surface area (TPSA) is 58.9 Å². The molecule has 3 aromatic rings. The van der Waals surface area contributed by atoms with Gasteiger partial charge in [-0.2, -0.15) is 0 Å². The highest BCUT2D eigenvalue weighted by molar-refractivity contribution is 5.51. The molecule has 0 spiro atoms. The number of anilines is 2. The van der Waals surface area contributed by atoms with Crippen molar-refractivity contribution in [3.05, 3.63) is 66.5 Å². The Hall–Kier alpha value is -2.73. The summed E-state index contributed by atoms with van der Waals surface area (Å²) in [6.45, 7) is 3.20. The second kappa shape index (κ2) is 8.31. The Morgan fingerprint density at radius 3 is 2.81 bits per heavy atom. The predicted molar refractivity (Wildman–Crippen MR) is 107 cm³/mol. The highest BCUT2D eigenvalue weighted by Crippen LogP contribution is 2.22. The summed E-state index contributed by atoms with van der Waals surface area (Å²) in [5, 5.41) is 3.28. The van der Waals surface area contributed by atoms with E-state index < -0.39 is 0 Å². The molecule has 0 saturated carbocycles. The van der Waals surface area contributed by atoms with Gasteiger partial charge in [-0.3, -0.25) is 4.90 Å². The molecule has 1 fully saturated rings. The fraction of sp³-hybridized carbons (Fsp3) is 0.381. The number of rotatable bonds is 6. The summed E-state index contributed by atoms with van der Waals surface area (Å²) in [5.74, 6) is 2.31. The van der Waals surface area contributed by atoms with E-state index in [1.165, 1.54) is 12.8 Å². The van der Waals surface area contributed by atoms with Crippen LogP contribution in [0, 0.1) is 5.92 Å². The van der Waals surface area contributed by atoms with Crippen LogP contribution in [0.25, 0.3) is 0 Å². The summed E-state index contributed by atoms with van der Waals surface area (Å²) in [4.78, 5) is 16.1. The van der Waals surface area contributed by atoms with Crippen molar-refractivity contribution in [2.24, 2.45) is 13.0 Å². The van der Waals surface area contributed by atoms with Gasteiger partial charge >= 0.3 is 0 Å². The Bertz CT molecular complexity index is 860. The van der Waals surface area contributed by atoms with Gasteiger partial charge < -0.3 is 9.88 Å². The van der Waals surface area contributed by atoms with Crippen molar-refractivity contribution in [3.8, 4) is 0 Å². The monoisotopic (exact) mass is 362 g/mol. The maximum absolute atomic E-state index is 4.79. The molecule has 27 heavy (non-hydrogen) atoms. The van der Waals surface area contributed by atoms with E-state index in [9.17, 15) is 0 Å². The normalized spacial score (nSPS) is 17.7. The largest absolute Gasteiger partial charge is 0.340 e. The molecule has 0 unspecified atom stereocenters. The Morgan fingerprint density at radius 1 is 1.07 bits per heavy atom. The van der Waals surface area contributed by atoms with Crippen LogP contribution in [-0.4, -0.2) is 37.5 Å². The summed E-state index contributed by atoms with van der Waals surface area (Å²) in [5.41, 5.74) is 2.29. The number of likely N-dealkylation sites (tertiary alicyclic amines) is 1. The van der Waals surface area contributed by atoms with Crippen molar-refractivity contribution in [2.75, 3.05) is 18.4 Å². The van der Waals surface area contributed by atoms with Gasteiger partial charge in [-0.25, -0.2) is 15.0 Å². The molecule has 6 nitrogen and oxygen atoms in total. The number of aromatic nitrogens is 4. The third-order valence-electron chi connectivity index (χ3n) is 4.97. The smallest absolute Gasteiger partial charge is 0.131 e. The van der Waals surface area contributed by atoms with Crippen LogP contribution in [0.3, 0.4) is 0 Å². The van der Waals surface area contributed by atoms with Gasteiger partial charge in [0.2, 0.25) is 0 Å². The number of imidazole rings is 1. The van der Waals surface area contributed by atoms with Gasteiger partial charge in [-0.1, -0.05) is 12.1 Å². The lowest BCUT2D eigenvalue weighted by Crippen LogP contribution is -2.35. The van der Waals surface area contributed by atoms with Crippen molar-refractivity contribution in [1.82, 2.24) is 24.4 Å².